The van der Waals surface area contributed by atoms with Gasteiger partial charge in [-0.3, -0.25) is 4.79 Å². The number of ether oxygens (including phenoxy) is 3. The highest BCUT2D eigenvalue weighted by atomic mass is 16.8. The Morgan fingerprint density at radius 1 is 1.42 bits per heavy atom. The van der Waals surface area contributed by atoms with E-state index in [1.807, 2.05) is 0 Å². The summed E-state index contributed by atoms with van der Waals surface area (Å²) in [5.74, 6) is -1.37. The van der Waals surface area contributed by atoms with E-state index in [0.29, 0.717) is 11.2 Å². The maximum atomic E-state index is 12.2. The van der Waals surface area contributed by atoms with Crippen LogP contribution in [0.15, 0.2) is 18.5 Å². The Labute approximate surface area is 148 Å². The normalized spacial score (nSPS) is 32.5. The van der Waals surface area contributed by atoms with Gasteiger partial charge in [0, 0.05) is 0 Å². The lowest BCUT2D eigenvalue weighted by molar-refractivity contribution is -0.202. The zero-order valence-electron chi connectivity index (χ0n) is 14.1. The van der Waals surface area contributed by atoms with Crippen molar-refractivity contribution in [3.8, 4) is 6.07 Å². The molecule has 2 saturated heterocycles. The van der Waals surface area contributed by atoms with Gasteiger partial charge in [0.25, 0.3) is 0 Å². The quantitative estimate of drug-likeness (QED) is 0.741. The molecule has 2 aromatic heterocycles. The van der Waals surface area contributed by atoms with Crippen molar-refractivity contribution in [3.63, 3.8) is 0 Å². The SMILES string of the molecule is CC1(C)O[C@@H]2[C@@H](C(=O)CO)O[C@@](C#N)(c3ccc4c(N)ncnn34)[C@@H]2O1. The first-order valence-electron chi connectivity index (χ1n) is 8.00. The van der Waals surface area contributed by atoms with Crippen molar-refractivity contribution in [3.05, 3.63) is 24.2 Å². The van der Waals surface area contributed by atoms with Crippen molar-refractivity contribution in [2.75, 3.05) is 12.3 Å². The predicted molar refractivity (Wildman–Crippen MR) is 85.5 cm³/mol. The molecule has 0 saturated carbocycles. The number of nitrogens with zero attached hydrogens (tertiary/aromatic N) is 4. The van der Waals surface area contributed by atoms with Gasteiger partial charge in [-0.1, -0.05) is 0 Å². The summed E-state index contributed by atoms with van der Waals surface area (Å²) in [7, 11) is 0. The number of aliphatic hydroxyl groups is 1. The number of anilines is 1. The zero-order chi connectivity index (χ0) is 18.7. The number of fused-ring (bicyclic) bond motifs is 2. The monoisotopic (exact) mass is 359 g/mol. The van der Waals surface area contributed by atoms with Crippen LogP contribution in [0, 0.1) is 11.3 Å². The fourth-order valence-electron chi connectivity index (χ4n) is 3.59. The topological polar surface area (TPSA) is 145 Å². The highest BCUT2D eigenvalue weighted by Gasteiger charge is 2.66. The van der Waals surface area contributed by atoms with E-state index in [1.165, 1.54) is 10.8 Å². The Hall–Kier alpha value is -2.58. The van der Waals surface area contributed by atoms with E-state index >= 15 is 0 Å². The number of ketones is 1. The molecule has 10 nitrogen and oxygen atoms in total. The van der Waals surface area contributed by atoms with E-state index in [1.54, 1.807) is 26.0 Å². The lowest BCUT2D eigenvalue weighted by atomic mass is 9.92. The van der Waals surface area contributed by atoms with E-state index in [9.17, 15) is 15.2 Å². The Kier molecular flexibility index (Phi) is 3.54. The Morgan fingerprint density at radius 3 is 2.88 bits per heavy atom. The molecule has 0 aromatic carbocycles. The molecule has 0 amide bonds. The molecule has 0 radical (unpaired) electrons. The molecule has 2 aromatic rings. The maximum absolute atomic E-state index is 12.2. The number of carbonyl (C=O) groups excluding carboxylic acids is 1. The number of hydrogen-bond acceptors (Lipinski definition) is 9. The van der Waals surface area contributed by atoms with Crippen molar-refractivity contribution in [1.82, 2.24) is 14.6 Å². The molecular formula is C16H17N5O5. The summed E-state index contributed by atoms with van der Waals surface area (Å²) in [5, 5.41) is 23.5. The second-order valence-corrected chi connectivity index (χ2v) is 6.69. The highest BCUT2D eigenvalue weighted by molar-refractivity contribution is 5.85. The molecule has 4 rings (SSSR count). The molecule has 0 unspecified atom stereocenters. The first-order valence-corrected chi connectivity index (χ1v) is 8.00. The summed E-state index contributed by atoms with van der Waals surface area (Å²) < 4.78 is 19.0. The minimum absolute atomic E-state index is 0.237. The Morgan fingerprint density at radius 2 is 2.19 bits per heavy atom. The molecular weight excluding hydrogens is 342 g/mol. The zero-order valence-corrected chi connectivity index (χ0v) is 14.1. The summed E-state index contributed by atoms with van der Waals surface area (Å²) in [6.45, 7) is 2.64. The molecule has 4 heterocycles. The van der Waals surface area contributed by atoms with Gasteiger partial charge in [-0.2, -0.15) is 10.4 Å². The van der Waals surface area contributed by atoms with E-state index in [0.717, 1.165) is 0 Å². The van der Waals surface area contributed by atoms with Gasteiger partial charge < -0.3 is 25.1 Å². The molecule has 2 aliphatic heterocycles. The molecule has 3 N–H and O–H groups in total. The van der Waals surface area contributed by atoms with Crippen LogP contribution >= 0.6 is 0 Å². The van der Waals surface area contributed by atoms with Gasteiger partial charge in [-0.25, -0.2) is 9.50 Å². The lowest BCUT2D eigenvalue weighted by Gasteiger charge is -2.28. The molecule has 2 aliphatic rings. The molecule has 0 spiro atoms. The molecule has 0 bridgehead atoms. The van der Waals surface area contributed by atoms with Crippen LogP contribution in [-0.2, 0) is 24.6 Å². The average Bonchev–Trinajstić information content (AvgIpc) is 3.25. The van der Waals surface area contributed by atoms with E-state index in [-0.39, 0.29) is 5.82 Å². The highest BCUT2D eigenvalue weighted by Crippen LogP contribution is 2.49. The fourth-order valence-corrected chi connectivity index (χ4v) is 3.59. The Bertz CT molecular complexity index is 935. The average molecular weight is 359 g/mol. The molecule has 4 atom stereocenters. The van der Waals surface area contributed by atoms with Crippen molar-refractivity contribution in [2.45, 2.75) is 43.5 Å². The number of nitriles is 1. The van der Waals surface area contributed by atoms with Crippen LogP contribution in [0.4, 0.5) is 5.82 Å². The van der Waals surface area contributed by atoms with Crippen LogP contribution in [0.25, 0.3) is 5.52 Å². The van der Waals surface area contributed by atoms with Gasteiger partial charge in [0.15, 0.2) is 17.4 Å². The third-order valence-corrected chi connectivity index (χ3v) is 4.64. The number of nitrogen functional groups attached to an aromatic ring is 1. The predicted octanol–water partition coefficient (Wildman–Crippen LogP) is -0.489. The third-order valence-electron chi connectivity index (χ3n) is 4.64. The lowest BCUT2D eigenvalue weighted by Crippen LogP contribution is -2.40. The second kappa shape index (κ2) is 5.46. The van der Waals surface area contributed by atoms with E-state index in [4.69, 9.17) is 19.9 Å². The maximum Gasteiger partial charge on any atom is 0.226 e. The fraction of sp³-hybridized carbons (Fsp3) is 0.500. The van der Waals surface area contributed by atoms with Crippen LogP contribution in [0.2, 0.25) is 0 Å². The standard InChI is InChI=1S/C16H17N5O5/c1-15(2)24-12-11(9(23)5-22)25-16(6-17,13(12)26-15)10-4-3-8-14(18)19-7-20-21(8)10/h3-4,7,11-13,22H,5H2,1-2H3,(H2,18,19,20)/t11-,12-,13-,16+/m1/s1. The minimum Gasteiger partial charge on any atom is -0.388 e. The van der Waals surface area contributed by atoms with Crippen LogP contribution in [0.1, 0.15) is 19.5 Å². The van der Waals surface area contributed by atoms with Gasteiger partial charge in [-0.05, 0) is 26.0 Å². The van der Waals surface area contributed by atoms with Gasteiger partial charge in [0.05, 0.1) is 5.69 Å². The van der Waals surface area contributed by atoms with Crippen LogP contribution in [0.5, 0.6) is 0 Å². The summed E-state index contributed by atoms with van der Waals surface area (Å²) in [4.78, 5) is 16.1. The first-order chi connectivity index (χ1) is 12.3. The number of aromatic nitrogens is 3. The summed E-state index contributed by atoms with van der Waals surface area (Å²) in [5.41, 5.74) is 5.03. The molecule has 136 valence electrons. The summed E-state index contributed by atoms with van der Waals surface area (Å²) >= 11 is 0. The van der Waals surface area contributed by atoms with Crippen molar-refractivity contribution in [2.24, 2.45) is 0 Å². The first kappa shape index (κ1) is 16.9. The number of rotatable bonds is 3. The molecule has 10 heteroatoms. The molecule has 2 fully saturated rings. The van der Waals surface area contributed by atoms with Crippen LogP contribution in [-0.4, -0.2) is 56.2 Å². The van der Waals surface area contributed by atoms with Gasteiger partial charge in [0.1, 0.15) is 42.8 Å². The van der Waals surface area contributed by atoms with Crippen LogP contribution in [0.3, 0.4) is 0 Å². The number of carbonyl (C=O) groups is 1. The minimum atomic E-state index is -1.67. The second-order valence-electron chi connectivity index (χ2n) is 6.69. The van der Waals surface area contributed by atoms with E-state index in [2.05, 4.69) is 16.2 Å². The van der Waals surface area contributed by atoms with Gasteiger partial charge >= 0.3 is 0 Å². The summed E-state index contributed by atoms with van der Waals surface area (Å²) in [6, 6.07) is 5.41. The Balaban J connectivity index is 1.90. The third kappa shape index (κ3) is 2.15. The number of Topliss-reactive ketones (excluding diaryl/α,β-unsaturated/α-hetero) is 1. The molecule has 0 aliphatic carbocycles. The molecule has 26 heavy (non-hydrogen) atoms. The van der Waals surface area contributed by atoms with Crippen LogP contribution < -0.4 is 5.73 Å². The van der Waals surface area contributed by atoms with Crippen molar-refractivity contribution >= 4 is 17.1 Å². The smallest absolute Gasteiger partial charge is 0.226 e. The number of aliphatic hydroxyl groups excluding tert-OH is 1. The number of hydrogen-bond donors (Lipinski definition) is 2. The van der Waals surface area contributed by atoms with Gasteiger partial charge in [-0.15, -0.1) is 0 Å². The van der Waals surface area contributed by atoms with Gasteiger partial charge in [0.2, 0.25) is 5.60 Å². The summed E-state index contributed by atoms with van der Waals surface area (Å²) in [6.07, 6.45) is -1.61. The van der Waals surface area contributed by atoms with E-state index < -0.39 is 42.1 Å². The largest absolute Gasteiger partial charge is 0.388 e. The number of nitrogens with two attached hydrogens (primary N) is 1. The van der Waals surface area contributed by atoms with Crippen molar-refractivity contribution < 1.29 is 24.1 Å². The van der Waals surface area contributed by atoms with Crippen molar-refractivity contribution in [1.29, 1.82) is 5.26 Å².